The van der Waals surface area contributed by atoms with Crippen LogP contribution < -0.4 is 5.32 Å². The first-order valence-electron chi connectivity index (χ1n) is 7.49. The van der Waals surface area contributed by atoms with Gasteiger partial charge >= 0.3 is 0 Å². The number of nitrogens with zero attached hydrogens (tertiary/aromatic N) is 4. The first-order chi connectivity index (χ1) is 10.9. The second kappa shape index (κ2) is 5.73. The summed E-state index contributed by atoms with van der Waals surface area (Å²) in [7, 11) is 0. The van der Waals surface area contributed by atoms with Gasteiger partial charge in [0.2, 0.25) is 0 Å². The van der Waals surface area contributed by atoms with Crippen LogP contribution in [-0.4, -0.2) is 32.5 Å². The summed E-state index contributed by atoms with van der Waals surface area (Å²) >= 11 is 0. The normalized spacial score (nSPS) is 17.9. The maximum atomic E-state index is 5.64. The number of nitrogens with one attached hydrogen (secondary N) is 1. The molecule has 3 heterocycles. The van der Waals surface area contributed by atoms with Crippen molar-refractivity contribution in [2.75, 3.05) is 11.9 Å². The maximum Gasteiger partial charge on any atom is 0.141 e. The van der Waals surface area contributed by atoms with E-state index < -0.39 is 0 Å². The van der Waals surface area contributed by atoms with Crippen LogP contribution in [0.2, 0.25) is 0 Å². The predicted molar refractivity (Wildman–Crippen MR) is 84.0 cm³/mol. The van der Waals surface area contributed by atoms with E-state index in [2.05, 4.69) is 20.4 Å². The molecular weight excluding hydrogens is 278 g/mol. The Morgan fingerprint density at radius 3 is 3.14 bits per heavy atom. The molecule has 1 aliphatic rings. The number of aromatic nitrogens is 4. The summed E-state index contributed by atoms with van der Waals surface area (Å²) in [6, 6.07) is 7.94. The first-order valence-corrected chi connectivity index (χ1v) is 7.49. The van der Waals surface area contributed by atoms with Crippen molar-refractivity contribution >= 4 is 22.4 Å². The molecule has 112 valence electrons. The molecule has 0 amide bonds. The lowest BCUT2D eigenvalue weighted by Crippen LogP contribution is -2.15. The first kappa shape index (κ1) is 13.2. The van der Waals surface area contributed by atoms with Crippen LogP contribution in [0, 0.1) is 0 Å². The Balaban J connectivity index is 1.54. The predicted octanol–water partition coefficient (Wildman–Crippen LogP) is 2.75. The van der Waals surface area contributed by atoms with Crippen LogP contribution in [0.4, 0.5) is 11.5 Å². The Kier molecular flexibility index (Phi) is 3.44. The highest BCUT2D eigenvalue weighted by molar-refractivity contribution is 5.90. The molecule has 2 aromatic heterocycles. The van der Waals surface area contributed by atoms with Gasteiger partial charge in [-0.1, -0.05) is 12.1 Å². The second-order valence-corrected chi connectivity index (χ2v) is 5.45. The third-order valence-electron chi connectivity index (χ3n) is 3.85. The third-order valence-corrected chi connectivity index (χ3v) is 3.85. The highest BCUT2D eigenvalue weighted by Crippen LogP contribution is 2.22. The molecule has 1 atom stereocenters. The topological polar surface area (TPSA) is 64.9 Å². The summed E-state index contributed by atoms with van der Waals surface area (Å²) < 4.78 is 7.56. The third kappa shape index (κ3) is 2.65. The monoisotopic (exact) mass is 295 g/mol. The summed E-state index contributed by atoms with van der Waals surface area (Å²) in [6.45, 7) is 1.66. The second-order valence-electron chi connectivity index (χ2n) is 5.45. The minimum atomic E-state index is 0.285. The molecule has 1 aromatic carbocycles. The van der Waals surface area contributed by atoms with Crippen molar-refractivity contribution in [1.29, 1.82) is 0 Å². The van der Waals surface area contributed by atoms with Crippen LogP contribution >= 0.6 is 0 Å². The van der Waals surface area contributed by atoms with Gasteiger partial charge < -0.3 is 10.1 Å². The highest BCUT2D eigenvalue weighted by atomic mass is 16.5. The van der Waals surface area contributed by atoms with Crippen LogP contribution in [0.5, 0.6) is 0 Å². The Bertz CT molecular complexity index is 774. The smallest absolute Gasteiger partial charge is 0.141 e. The minimum absolute atomic E-state index is 0.285. The van der Waals surface area contributed by atoms with E-state index in [1.807, 2.05) is 41.3 Å². The van der Waals surface area contributed by atoms with Gasteiger partial charge in [0.05, 0.1) is 30.0 Å². The van der Waals surface area contributed by atoms with Gasteiger partial charge in [-0.3, -0.25) is 4.68 Å². The van der Waals surface area contributed by atoms with E-state index in [9.17, 15) is 0 Å². The largest absolute Gasteiger partial charge is 0.376 e. The number of hydrogen-bond acceptors (Lipinski definition) is 5. The zero-order valence-electron chi connectivity index (χ0n) is 12.1. The zero-order chi connectivity index (χ0) is 14.8. The molecular formula is C16H17N5O. The molecule has 22 heavy (non-hydrogen) atoms. The lowest BCUT2D eigenvalue weighted by Gasteiger charge is -2.08. The van der Waals surface area contributed by atoms with Crippen molar-refractivity contribution in [3.8, 4) is 0 Å². The van der Waals surface area contributed by atoms with Gasteiger partial charge in [0.15, 0.2) is 0 Å². The van der Waals surface area contributed by atoms with E-state index in [0.29, 0.717) is 0 Å². The number of benzene rings is 1. The van der Waals surface area contributed by atoms with Gasteiger partial charge in [-0.25, -0.2) is 9.97 Å². The minimum Gasteiger partial charge on any atom is -0.376 e. The number of fused-ring (bicyclic) bond motifs is 1. The van der Waals surface area contributed by atoms with Crippen LogP contribution in [0.3, 0.4) is 0 Å². The standard InChI is InChI=1S/C16H17N5O/c1-2-6-15-14(5-1)16(18-11-17-15)20-12-8-19-21(9-12)10-13-4-3-7-22-13/h1-2,5-6,8-9,11,13H,3-4,7,10H2,(H,17,18,20)/t13-/m0/s1. The molecule has 1 aliphatic heterocycles. The average Bonchev–Trinajstić information content (AvgIpc) is 3.20. The van der Waals surface area contributed by atoms with Crippen LogP contribution in [0.15, 0.2) is 43.0 Å². The van der Waals surface area contributed by atoms with Gasteiger partial charge in [0, 0.05) is 18.2 Å². The molecule has 1 saturated heterocycles. The summed E-state index contributed by atoms with van der Waals surface area (Å²) in [5.41, 5.74) is 1.84. The van der Waals surface area contributed by atoms with Crippen molar-refractivity contribution in [3.63, 3.8) is 0 Å². The van der Waals surface area contributed by atoms with Crippen LogP contribution in [-0.2, 0) is 11.3 Å². The zero-order valence-corrected chi connectivity index (χ0v) is 12.1. The van der Waals surface area contributed by atoms with Crippen molar-refractivity contribution in [3.05, 3.63) is 43.0 Å². The Hall–Kier alpha value is -2.47. The quantitative estimate of drug-likeness (QED) is 0.801. The Morgan fingerprint density at radius 2 is 2.23 bits per heavy atom. The van der Waals surface area contributed by atoms with Gasteiger partial charge in [0.25, 0.3) is 0 Å². The van der Waals surface area contributed by atoms with Gasteiger partial charge in [-0.15, -0.1) is 0 Å². The molecule has 0 aliphatic carbocycles. The number of para-hydroxylation sites is 1. The molecule has 0 bridgehead atoms. The number of hydrogen-bond donors (Lipinski definition) is 1. The average molecular weight is 295 g/mol. The summed E-state index contributed by atoms with van der Waals surface area (Å²) in [5, 5.41) is 8.70. The van der Waals surface area contributed by atoms with Crippen LogP contribution in [0.25, 0.3) is 10.9 Å². The molecule has 4 rings (SSSR count). The van der Waals surface area contributed by atoms with Gasteiger partial charge in [-0.05, 0) is 25.0 Å². The van der Waals surface area contributed by atoms with Crippen LogP contribution in [0.1, 0.15) is 12.8 Å². The SMILES string of the molecule is c1ccc2c(Nc3cnn(C[C@@H]4CCCO4)c3)ncnc2c1. The molecule has 3 aromatic rings. The van der Waals surface area contributed by atoms with E-state index in [1.165, 1.54) is 0 Å². The lowest BCUT2D eigenvalue weighted by atomic mass is 10.2. The fourth-order valence-corrected chi connectivity index (χ4v) is 2.77. The van der Waals surface area contributed by atoms with Crippen molar-refractivity contribution in [2.24, 2.45) is 0 Å². The molecule has 0 spiro atoms. The van der Waals surface area contributed by atoms with Gasteiger partial charge in [-0.2, -0.15) is 5.10 Å². The van der Waals surface area contributed by atoms with Crippen molar-refractivity contribution in [1.82, 2.24) is 19.7 Å². The fourth-order valence-electron chi connectivity index (χ4n) is 2.77. The Labute approximate surface area is 128 Å². The van der Waals surface area contributed by atoms with E-state index in [1.54, 1.807) is 6.33 Å². The lowest BCUT2D eigenvalue weighted by molar-refractivity contribution is 0.0940. The molecule has 6 heteroatoms. The van der Waals surface area contributed by atoms with Crippen molar-refractivity contribution in [2.45, 2.75) is 25.5 Å². The molecule has 0 unspecified atom stereocenters. The molecule has 0 saturated carbocycles. The molecule has 1 N–H and O–H groups in total. The molecule has 6 nitrogen and oxygen atoms in total. The molecule has 0 radical (unpaired) electrons. The van der Waals surface area contributed by atoms with E-state index in [0.717, 1.165) is 48.4 Å². The number of rotatable bonds is 4. The number of ether oxygens (including phenoxy) is 1. The summed E-state index contributed by atoms with van der Waals surface area (Å²) in [5.74, 6) is 0.794. The number of anilines is 2. The maximum absolute atomic E-state index is 5.64. The fraction of sp³-hybridized carbons (Fsp3) is 0.312. The Morgan fingerprint density at radius 1 is 1.27 bits per heavy atom. The highest BCUT2D eigenvalue weighted by Gasteiger charge is 2.16. The molecule has 1 fully saturated rings. The van der Waals surface area contributed by atoms with E-state index in [4.69, 9.17) is 4.74 Å². The van der Waals surface area contributed by atoms with Gasteiger partial charge in [0.1, 0.15) is 12.1 Å². The summed E-state index contributed by atoms with van der Waals surface area (Å²) in [6.07, 6.45) is 7.90. The van der Waals surface area contributed by atoms with Crippen molar-refractivity contribution < 1.29 is 4.74 Å². The van der Waals surface area contributed by atoms with E-state index >= 15 is 0 Å². The summed E-state index contributed by atoms with van der Waals surface area (Å²) in [4.78, 5) is 8.60. The van der Waals surface area contributed by atoms with E-state index in [-0.39, 0.29) is 6.10 Å².